The van der Waals surface area contributed by atoms with Gasteiger partial charge in [0.15, 0.2) is 5.78 Å². The van der Waals surface area contributed by atoms with Gasteiger partial charge in [-0.1, -0.05) is 26.7 Å². The molecule has 2 nitrogen and oxygen atoms in total. The van der Waals surface area contributed by atoms with Gasteiger partial charge in [-0.2, -0.15) is 0 Å². The maximum atomic E-state index is 13.4. The molecule has 1 aromatic rings. The Morgan fingerprint density at radius 3 is 2.67 bits per heavy atom. The van der Waals surface area contributed by atoms with E-state index in [0.717, 1.165) is 47.7 Å². The number of carbonyl (C=O) groups excluding carboxylic acids is 1. The number of ketones is 1. The molecule has 4 aliphatic rings. The summed E-state index contributed by atoms with van der Waals surface area (Å²) in [6, 6.07) is 3.98. The fourth-order valence-electron chi connectivity index (χ4n) is 7.80. The molecular weight excluding hydrogens is 332 g/mol. The number of aryl methyl sites for hydroxylation is 1. The first-order valence-electron chi connectivity index (χ1n) is 11.2. The van der Waals surface area contributed by atoms with Crippen molar-refractivity contribution in [3.05, 3.63) is 29.2 Å². The lowest BCUT2D eigenvalue weighted by Crippen LogP contribution is -2.52. The lowest BCUT2D eigenvalue weighted by molar-refractivity contribution is -0.137. The van der Waals surface area contributed by atoms with Gasteiger partial charge < -0.3 is 4.42 Å². The van der Waals surface area contributed by atoms with Gasteiger partial charge in [0.05, 0.1) is 0 Å². The van der Waals surface area contributed by atoms with Gasteiger partial charge in [-0.15, -0.1) is 0 Å². The Balaban J connectivity index is 1.46. The monoisotopic (exact) mass is 366 g/mol. The Bertz CT molecular complexity index is 786. The molecule has 0 aliphatic heterocycles. The molecular formula is C25H34O2. The SMILES string of the molecule is Cc1ccc(/C=C2\C[C@@H]3[C@H]4CC[C@H]5CCCC[C@]5(C)[C@@H]4CC[C@]3(C)C2=O)o1. The van der Waals surface area contributed by atoms with E-state index in [4.69, 9.17) is 4.42 Å². The van der Waals surface area contributed by atoms with Gasteiger partial charge in [-0.05, 0) is 105 Å². The molecule has 5 rings (SSSR count). The Kier molecular flexibility index (Phi) is 4.01. The smallest absolute Gasteiger partial charge is 0.165 e. The summed E-state index contributed by atoms with van der Waals surface area (Å²) < 4.78 is 5.74. The van der Waals surface area contributed by atoms with Crippen LogP contribution in [0.4, 0.5) is 0 Å². The van der Waals surface area contributed by atoms with E-state index in [1.807, 2.05) is 25.1 Å². The first-order chi connectivity index (χ1) is 12.9. The van der Waals surface area contributed by atoms with Gasteiger partial charge in [0.25, 0.3) is 0 Å². The molecule has 0 aromatic carbocycles. The molecule has 2 heteroatoms. The maximum Gasteiger partial charge on any atom is 0.165 e. The quantitative estimate of drug-likeness (QED) is 0.525. The highest BCUT2D eigenvalue weighted by Gasteiger charge is 2.60. The summed E-state index contributed by atoms with van der Waals surface area (Å²) in [5.74, 6) is 5.25. The minimum Gasteiger partial charge on any atom is -0.462 e. The summed E-state index contributed by atoms with van der Waals surface area (Å²) in [6.07, 6.45) is 13.8. The van der Waals surface area contributed by atoms with Crippen molar-refractivity contribution in [2.24, 2.45) is 34.5 Å². The van der Waals surface area contributed by atoms with Crippen molar-refractivity contribution in [3.8, 4) is 0 Å². The zero-order valence-electron chi connectivity index (χ0n) is 17.2. The molecule has 4 aliphatic carbocycles. The molecule has 0 spiro atoms. The molecule has 4 saturated carbocycles. The van der Waals surface area contributed by atoms with Crippen molar-refractivity contribution >= 4 is 11.9 Å². The third-order valence-corrected chi connectivity index (χ3v) is 9.30. The van der Waals surface area contributed by atoms with Crippen LogP contribution in [0.25, 0.3) is 6.08 Å². The van der Waals surface area contributed by atoms with E-state index < -0.39 is 0 Å². The molecule has 1 heterocycles. The van der Waals surface area contributed by atoms with Crippen molar-refractivity contribution in [2.75, 3.05) is 0 Å². The van der Waals surface area contributed by atoms with Gasteiger partial charge in [-0.25, -0.2) is 0 Å². The van der Waals surface area contributed by atoms with E-state index in [-0.39, 0.29) is 5.41 Å². The molecule has 0 saturated heterocycles. The standard InChI is InChI=1S/C25H34O2/c1-16-7-9-19(27-16)14-17-15-22-20-10-8-18-6-4-5-12-24(18,2)21(20)11-13-25(22,3)23(17)26/h7,9,14,18,20-22H,4-6,8,10-13,15H2,1-3H3/b17-14+/t18-,20+,21-,22-,24+,25+/m1/s1. The average molecular weight is 367 g/mol. The van der Waals surface area contributed by atoms with Crippen molar-refractivity contribution < 1.29 is 9.21 Å². The molecule has 4 fully saturated rings. The fraction of sp³-hybridized carbons (Fsp3) is 0.720. The predicted molar refractivity (Wildman–Crippen MR) is 108 cm³/mol. The van der Waals surface area contributed by atoms with Gasteiger partial charge >= 0.3 is 0 Å². The summed E-state index contributed by atoms with van der Waals surface area (Å²) in [6.45, 7) is 6.85. The van der Waals surface area contributed by atoms with Crippen molar-refractivity contribution in [2.45, 2.75) is 78.6 Å². The largest absolute Gasteiger partial charge is 0.462 e. The summed E-state index contributed by atoms with van der Waals surface area (Å²) in [5.41, 5.74) is 1.43. The average Bonchev–Trinajstić information content (AvgIpc) is 3.16. The van der Waals surface area contributed by atoms with Crippen molar-refractivity contribution in [3.63, 3.8) is 0 Å². The Morgan fingerprint density at radius 1 is 1.04 bits per heavy atom. The molecule has 146 valence electrons. The van der Waals surface area contributed by atoms with Crippen LogP contribution < -0.4 is 0 Å². The van der Waals surface area contributed by atoms with Gasteiger partial charge in [0.2, 0.25) is 0 Å². The van der Waals surface area contributed by atoms with Crippen LogP contribution in [0, 0.1) is 41.4 Å². The highest BCUT2D eigenvalue weighted by atomic mass is 16.3. The van der Waals surface area contributed by atoms with Crippen molar-refractivity contribution in [1.82, 2.24) is 0 Å². The van der Waals surface area contributed by atoms with E-state index in [2.05, 4.69) is 13.8 Å². The second-order valence-corrected chi connectivity index (χ2v) is 10.5. The number of furan rings is 1. The number of rotatable bonds is 1. The predicted octanol–water partition coefficient (Wildman–Crippen LogP) is 6.58. The van der Waals surface area contributed by atoms with Crippen LogP contribution in [0.1, 0.15) is 83.2 Å². The van der Waals surface area contributed by atoms with E-state index in [9.17, 15) is 4.79 Å². The lowest BCUT2D eigenvalue weighted by Gasteiger charge is -2.59. The lowest BCUT2D eigenvalue weighted by atomic mass is 9.45. The first-order valence-corrected chi connectivity index (χ1v) is 11.2. The summed E-state index contributed by atoms with van der Waals surface area (Å²) in [5, 5.41) is 0. The second kappa shape index (κ2) is 6.09. The van der Waals surface area contributed by atoms with E-state index in [0.29, 0.717) is 17.1 Å². The van der Waals surface area contributed by atoms with Crippen molar-refractivity contribution in [1.29, 1.82) is 0 Å². The van der Waals surface area contributed by atoms with E-state index in [1.54, 1.807) is 0 Å². The molecule has 0 unspecified atom stereocenters. The maximum absolute atomic E-state index is 13.4. The van der Waals surface area contributed by atoms with E-state index in [1.165, 1.54) is 44.9 Å². The zero-order chi connectivity index (χ0) is 18.8. The Labute approximate surface area is 163 Å². The molecule has 0 amide bonds. The van der Waals surface area contributed by atoms with Crippen LogP contribution in [0.3, 0.4) is 0 Å². The number of allylic oxidation sites excluding steroid dienone is 1. The second-order valence-electron chi connectivity index (χ2n) is 10.5. The summed E-state index contributed by atoms with van der Waals surface area (Å²) >= 11 is 0. The Morgan fingerprint density at radius 2 is 1.89 bits per heavy atom. The van der Waals surface area contributed by atoms with Crippen LogP contribution in [0.5, 0.6) is 0 Å². The number of hydrogen-bond acceptors (Lipinski definition) is 2. The summed E-state index contributed by atoms with van der Waals surface area (Å²) in [4.78, 5) is 13.4. The zero-order valence-corrected chi connectivity index (χ0v) is 17.2. The van der Waals surface area contributed by atoms with Crippen LogP contribution in [0.2, 0.25) is 0 Å². The summed E-state index contributed by atoms with van der Waals surface area (Å²) in [7, 11) is 0. The number of carbonyl (C=O) groups is 1. The molecule has 0 bridgehead atoms. The molecule has 6 atom stereocenters. The molecule has 1 aromatic heterocycles. The fourth-order valence-corrected chi connectivity index (χ4v) is 7.80. The van der Waals surface area contributed by atoms with Crippen LogP contribution in [0.15, 0.2) is 22.1 Å². The van der Waals surface area contributed by atoms with Crippen LogP contribution in [-0.4, -0.2) is 5.78 Å². The minimum atomic E-state index is -0.132. The minimum absolute atomic E-state index is 0.132. The highest BCUT2D eigenvalue weighted by molar-refractivity contribution is 6.05. The number of Topliss-reactive ketones (excluding diaryl/α,β-unsaturated/α-hetero) is 1. The van der Waals surface area contributed by atoms with E-state index >= 15 is 0 Å². The number of fused-ring (bicyclic) bond motifs is 5. The third-order valence-electron chi connectivity index (χ3n) is 9.30. The molecule has 0 radical (unpaired) electrons. The van der Waals surface area contributed by atoms with Gasteiger partial charge in [-0.3, -0.25) is 4.79 Å². The third kappa shape index (κ3) is 2.54. The molecule has 27 heavy (non-hydrogen) atoms. The van der Waals surface area contributed by atoms with Gasteiger partial charge in [0, 0.05) is 5.41 Å². The van der Waals surface area contributed by atoms with Gasteiger partial charge in [0.1, 0.15) is 11.5 Å². The molecule has 0 N–H and O–H groups in total. The number of hydrogen-bond donors (Lipinski definition) is 0. The topological polar surface area (TPSA) is 30.2 Å². The Hall–Kier alpha value is -1.31. The van der Waals surface area contributed by atoms with Crippen LogP contribution >= 0.6 is 0 Å². The normalized spacial score (nSPS) is 45.4. The van der Waals surface area contributed by atoms with Crippen LogP contribution in [-0.2, 0) is 4.79 Å². The highest BCUT2D eigenvalue weighted by Crippen LogP contribution is 2.66. The first kappa shape index (κ1) is 17.8.